The third-order valence-electron chi connectivity index (χ3n) is 2.24. The standard InChI is InChI=1S/C11H11FO3/c1-7(13)8-2-3-11(10(12)4-8)15-9-5-14-6-9/h2-4,9H,5-6H2,1H3. The second-order valence-electron chi connectivity index (χ2n) is 3.48. The Morgan fingerprint density at radius 1 is 1.53 bits per heavy atom. The number of ketones is 1. The lowest BCUT2D eigenvalue weighted by atomic mass is 10.1. The van der Waals surface area contributed by atoms with E-state index in [4.69, 9.17) is 9.47 Å². The van der Waals surface area contributed by atoms with Gasteiger partial charge in [-0.05, 0) is 25.1 Å². The first-order chi connectivity index (χ1) is 7.16. The molecule has 0 radical (unpaired) electrons. The van der Waals surface area contributed by atoms with Crippen LogP contribution in [0.1, 0.15) is 17.3 Å². The van der Waals surface area contributed by atoms with Crippen LogP contribution < -0.4 is 4.74 Å². The van der Waals surface area contributed by atoms with E-state index in [0.29, 0.717) is 18.8 Å². The van der Waals surface area contributed by atoms with Crippen molar-refractivity contribution in [3.8, 4) is 5.75 Å². The van der Waals surface area contributed by atoms with Gasteiger partial charge in [0.15, 0.2) is 17.3 Å². The molecule has 1 aromatic carbocycles. The van der Waals surface area contributed by atoms with Crippen LogP contribution in [-0.4, -0.2) is 25.1 Å². The molecular formula is C11H11FO3. The highest BCUT2D eigenvalue weighted by Gasteiger charge is 2.21. The first-order valence-electron chi connectivity index (χ1n) is 4.71. The van der Waals surface area contributed by atoms with E-state index >= 15 is 0 Å². The summed E-state index contributed by atoms with van der Waals surface area (Å²) < 4.78 is 23.6. The summed E-state index contributed by atoms with van der Waals surface area (Å²) >= 11 is 0. The zero-order chi connectivity index (χ0) is 10.8. The lowest BCUT2D eigenvalue weighted by Gasteiger charge is -2.26. The fourth-order valence-electron chi connectivity index (χ4n) is 1.28. The van der Waals surface area contributed by atoms with Crippen molar-refractivity contribution >= 4 is 5.78 Å². The number of benzene rings is 1. The monoisotopic (exact) mass is 210 g/mol. The second-order valence-corrected chi connectivity index (χ2v) is 3.48. The van der Waals surface area contributed by atoms with Crippen LogP contribution in [0, 0.1) is 5.82 Å². The van der Waals surface area contributed by atoms with Gasteiger partial charge in [-0.1, -0.05) is 0 Å². The number of carbonyl (C=O) groups excluding carboxylic acids is 1. The molecule has 2 rings (SSSR count). The van der Waals surface area contributed by atoms with Crippen molar-refractivity contribution in [2.75, 3.05) is 13.2 Å². The highest BCUT2D eigenvalue weighted by atomic mass is 19.1. The van der Waals surface area contributed by atoms with Crippen molar-refractivity contribution < 1.29 is 18.7 Å². The molecule has 1 aliphatic rings. The smallest absolute Gasteiger partial charge is 0.165 e. The van der Waals surface area contributed by atoms with Crippen LogP contribution in [0.3, 0.4) is 0 Å². The second kappa shape index (κ2) is 3.98. The maximum absolute atomic E-state index is 13.4. The van der Waals surface area contributed by atoms with Crippen LogP contribution in [0.5, 0.6) is 5.75 Å². The van der Waals surface area contributed by atoms with Gasteiger partial charge in [-0.3, -0.25) is 4.79 Å². The minimum Gasteiger partial charge on any atom is -0.483 e. The molecule has 4 heteroatoms. The molecule has 0 aliphatic carbocycles. The van der Waals surface area contributed by atoms with Gasteiger partial charge in [0.2, 0.25) is 0 Å². The van der Waals surface area contributed by atoms with Crippen molar-refractivity contribution in [2.45, 2.75) is 13.0 Å². The molecule has 0 unspecified atom stereocenters. The predicted octanol–water partition coefficient (Wildman–Crippen LogP) is 1.81. The van der Waals surface area contributed by atoms with Crippen molar-refractivity contribution in [2.24, 2.45) is 0 Å². The molecule has 0 atom stereocenters. The van der Waals surface area contributed by atoms with Gasteiger partial charge in [0.05, 0.1) is 13.2 Å². The fraction of sp³-hybridized carbons (Fsp3) is 0.364. The van der Waals surface area contributed by atoms with Gasteiger partial charge in [0.25, 0.3) is 0 Å². The lowest BCUT2D eigenvalue weighted by molar-refractivity contribution is -0.0808. The van der Waals surface area contributed by atoms with E-state index in [0.717, 1.165) is 0 Å². The van der Waals surface area contributed by atoms with Crippen LogP contribution in [0.15, 0.2) is 18.2 Å². The fourth-order valence-corrected chi connectivity index (χ4v) is 1.28. The Labute approximate surface area is 86.8 Å². The molecule has 0 N–H and O–H groups in total. The molecule has 0 saturated carbocycles. The Balaban J connectivity index is 2.14. The van der Waals surface area contributed by atoms with E-state index in [2.05, 4.69) is 0 Å². The van der Waals surface area contributed by atoms with Gasteiger partial charge < -0.3 is 9.47 Å². The Kier molecular flexibility index (Phi) is 2.68. The third kappa shape index (κ3) is 2.15. The van der Waals surface area contributed by atoms with Crippen molar-refractivity contribution in [3.63, 3.8) is 0 Å². The van der Waals surface area contributed by atoms with Crippen molar-refractivity contribution in [1.82, 2.24) is 0 Å². The topological polar surface area (TPSA) is 35.5 Å². The Bertz CT molecular complexity index is 385. The number of hydrogen-bond donors (Lipinski definition) is 0. The Hall–Kier alpha value is -1.42. The molecule has 1 heterocycles. The number of hydrogen-bond acceptors (Lipinski definition) is 3. The predicted molar refractivity (Wildman–Crippen MR) is 51.6 cm³/mol. The molecule has 15 heavy (non-hydrogen) atoms. The van der Waals surface area contributed by atoms with Gasteiger partial charge in [0.1, 0.15) is 6.10 Å². The van der Waals surface area contributed by atoms with Gasteiger partial charge >= 0.3 is 0 Å². The quantitative estimate of drug-likeness (QED) is 0.714. The summed E-state index contributed by atoms with van der Waals surface area (Å²) in [6.07, 6.45) is -0.0670. The zero-order valence-electron chi connectivity index (χ0n) is 8.33. The van der Waals surface area contributed by atoms with Crippen LogP contribution in [0.4, 0.5) is 4.39 Å². The van der Waals surface area contributed by atoms with Crippen molar-refractivity contribution in [1.29, 1.82) is 0 Å². The summed E-state index contributed by atoms with van der Waals surface area (Å²) in [6, 6.07) is 4.22. The normalized spacial score (nSPS) is 15.9. The first-order valence-corrected chi connectivity index (χ1v) is 4.71. The molecular weight excluding hydrogens is 199 g/mol. The average molecular weight is 210 g/mol. The SMILES string of the molecule is CC(=O)c1ccc(OC2COC2)c(F)c1. The van der Waals surface area contributed by atoms with E-state index in [9.17, 15) is 9.18 Å². The largest absolute Gasteiger partial charge is 0.483 e. The minimum atomic E-state index is -0.505. The summed E-state index contributed by atoms with van der Waals surface area (Å²) in [5.41, 5.74) is 0.352. The molecule has 0 spiro atoms. The van der Waals surface area contributed by atoms with E-state index in [-0.39, 0.29) is 17.6 Å². The molecule has 80 valence electrons. The minimum absolute atomic E-state index is 0.0670. The highest BCUT2D eigenvalue weighted by Crippen LogP contribution is 2.21. The average Bonchev–Trinajstić information content (AvgIpc) is 2.12. The van der Waals surface area contributed by atoms with Crippen molar-refractivity contribution in [3.05, 3.63) is 29.6 Å². The molecule has 1 saturated heterocycles. The highest BCUT2D eigenvalue weighted by molar-refractivity contribution is 5.94. The summed E-state index contributed by atoms with van der Waals surface area (Å²) in [5, 5.41) is 0. The maximum Gasteiger partial charge on any atom is 0.165 e. The van der Waals surface area contributed by atoms with Crippen LogP contribution in [0.2, 0.25) is 0 Å². The van der Waals surface area contributed by atoms with E-state index in [1.807, 2.05) is 0 Å². The van der Waals surface area contributed by atoms with E-state index in [1.165, 1.54) is 19.1 Å². The Morgan fingerprint density at radius 2 is 2.27 bits per heavy atom. The number of carbonyl (C=O) groups is 1. The molecule has 1 aliphatic heterocycles. The van der Waals surface area contributed by atoms with Crippen LogP contribution in [0.25, 0.3) is 0 Å². The van der Waals surface area contributed by atoms with Gasteiger partial charge in [0, 0.05) is 5.56 Å². The summed E-state index contributed by atoms with van der Waals surface area (Å²) in [5.74, 6) is -0.490. The summed E-state index contributed by atoms with van der Waals surface area (Å²) in [7, 11) is 0. The summed E-state index contributed by atoms with van der Waals surface area (Å²) in [4.78, 5) is 11.0. The molecule has 0 aromatic heterocycles. The van der Waals surface area contributed by atoms with Gasteiger partial charge in [-0.25, -0.2) is 4.39 Å². The van der Waals surface area contributed by atoms with Gasteiger partial charge in [-0.2, -0.15) is 0 Å². The van der Waals surface area contributed by atoms with E-state index < -0.39 is 5.82 Å². The van der Waals surface area contributed by atoms with Gasteiger partial charge in [-0.15, -0.1) is 0 Å². The van der Waals surface area contributed by atoms with E-state index in [1.54, 1.807) is 6.07 Å². The molecule has 3 nitrogen and oxygen atoms in total. The molecule has 0 bridgehead atoms. The number of rotatable bonds is 3. The zero-order valence-corrected chi connectivity index (χ0v) is 8.33. The number of ether oxygens (including phenoxy) is 2. The molecule has 1 aromatic rings. The number of halogens is 1. The maximum atomic E-state index is 13.4. The Morgan fingerprint density at radius 3 is 2.73 bits per heavy atom. The lowest BCUT2D eigenvalue weighted by Crippen LogP contribution is -2.38. The molecule has 0 amide bonds. The third-order valence-corrected chi connectivity index (χ3v) is 2.24. The number of Topliss-reactive ketones (excluding diaryl/α,β-unsaturated/α-hetero) is 1. The van der Waals surface area contributed by atoms with Crippen LogP contribution in [-0.2, 0) is 4.74 Å². The van der Waals surface area contributed by atoms with Crippen LogP contribution >= 0.6 is 0 Å². The summed E-state index contributed by atoms with van der Waals surface area (Å²) in [6.45, 7) is 2.39. The molecule has 1 fully saturated rings. The first kappa shape index (κ1) is 10.1.